The van der Waals surface area contributed by atoms with E-state index in [-0.39, 0.29) is 0 Å². The van der Waals surface area contributed by atoms with Crippen LogP contribution < -0.4 is 5.32 Å². The summed E-state index contributed by atoms with van der Waals surface area (Å²) in [7, 11) is 0. The second-order valence-corrected chi connectivity index (χ2v) is 5.52. The van der Waals surface area contributed by atoms with Crippen LogP contribution in [0, 0.1) is 12.8 Å². The Hall–Kier alpha value is -0.610. The van der Waals surface area contributed by atoms with Gasteiger partial charge in [-0.15, -0.1) is 11.3 Å². The maximum absolute atomic E-state index is 5.35. The molecular weight excluding hydrogens is 220 g/mol. The zero-order valence-corrected chi connectivity index (χ0v) is 10.9. The fourth-order valence-electron chi connectivity index (χ4n) is 2.01. The molecule has 1 fully saturated rings. The number of anilines is 1. The molecule has 0 amide bonds. The summed E-state index contributed by atoms with van der Waals surface area (Å²) in [6.45, 7) is 7.19. The van der Waals surface area contributed by atoms with Crippen LogP contribution in [0.4, 0.5) is 5.13 Å². The lowest BCUT2D eigenvalue weighted by Crippen LogP contribution is -2.22. The molecule has 2 rings (SSSR count). The molecule has 0 aliphatic carbocycles. The van der Waals surface area contributed by atoms with E-state index in [1.54, 1.807) is 11.3 Å². The van der Waals surface area contributed by atoms with Crippen molar-refractivity contribution in [1.82, 2.24) is 4.98 Å². The standard InChI is InChI=1S/C12H20N2OS/c1-3-11-9(2)16-12(14-11)13-8-10-4-6-15-7-5-10/h10H,3-8H2,1-2H3,(H,13,14). The summed E-state index contributed by atoms with van der Waals surface area (Å²) in [6.07, 6.45) is 3.39. The average Bonchev–Trinajstić information content (AvgIpc) is 2.69. The third-order valence-electron chi connectivity index (χ3n) is 3.11. The number of nitrogens with one attached hydrogen (secondary N) is 1. The van der Waals surface area contributed by atoms with E-state index >= 15 is 0 Å². The number of hydrogen-bond acceptors (Lipinski definition) is 4. The Morgan fingerprint density at radius 3 is 2.81 bits per heavy atom. The van der Waals surface area contributed by atoms with Crippen molar-refractivity contribution in [3.05, 3.63) is 10.6 Å². The number of nitrogens with zero attached hydrogens (tertiary/aromatic N) is 1. The zero-order chi connectivity index (χ0) is 11.4. The minimum absolute atomic E-state index is 0.753. The Labute approximate surface area is 101 Å². The van der Waals surface area contributed by atoms with Gasteiger partial charge in [-0.05, 0) is 32.1 Å². The van der Waals surface area contributed by atoms with Crippen LogP contribution >= 0.6 is 11.3 Å². The van der Waals surface area contributed by atoms with Gasteiger partial charge in [0.2, 0.25) is 0 Å². The van der Waals surface area contributed by atoms with Crippen LogP contribution in [0.5, 0.6) is 0 Å². The molecule has 1 aromatic heterocycles. The summed E-state index contributed by atoms with van der Waals surface area (Å²) in [4.78, 5) is 5.93. The first-order valence-electron chi connectivity index (χ1n) is 6.07. The molecule has 0 bridgehead atoms. The first-order chi connectivity index (χ1) is 7.79. The Kier molecular flexibility index (Phi) is 4.18. The molecule has 16 heavy (non-hydrogen) atoms. The highest BCUT2D eigenvalue weighted by Crippen LogP contribution is 2.23. The number of aryl methyl sites for hydroxylation is 2. The smallest absolute Gasteiger partial charge is 0.183 e. The third kappa shape index (κ3) is 2.95. The van der Waals surface area contributed by atoms with Crippen LogP contribution in [0.25, 0.3) is 0 Å². The molecule has 0 atom stereocenters. The third-order valence-corrected chi connectivity index (χ3v) is 4.08. The summed E-state index contributed by atoms with van der Waals surface area (Å²) in [5.74, 6) is 0.753. The minimum atomic E-state index is 0.753. The van der Waals surface area contributed by atoms with E-state index in [4.69, 9.17) is 4.74 Å². The molecule has 90 valence electrons. The van der Waals surface area contributed by atoms with E-state index in [2.05, 4.69) is 24.1 Å². The van der Waals surface area contributed by atoms with E-state index in [0.29, 0.717) is 0 Å². The summed E-state index contributed by atoms with van der Waals surface area (Å²) in [6, 6.07) is 0. The monoisotopic (exact) mass is 240 g/mol. The maximum Gasteiger partial charge on any atom is 0.183 e. The molecular formula is C12H20N2OS. The molecule has 0 saturated carbocycles. The van der Waals surface area contributed by atoms with Gasteiger partial charge in [0.1, 0.15) is 0 Å². The summed E-state index contributed by atoms with van der Waals surface area (Å²) in [5, 5.41) is 4.55. The number of hydrogen-bond donors (Lipinski definition) is 1. The Balaban J connectivity index is 1.83. The van der Waals surface area contributed by atoms with Crippen molar-refractivity contribution >= 4 is 16.5 Å². The van der Waals surface area contributed by atoms with Crippen LogP contribution in [-0.2, 0) is 11.2 Å². The molecule has 0 aromatic carbocycles. The largest absolute Gasteiger partial charge is 0.381 e. The minimum Gasteiger partial charge on any atom is -0.381 e. The number of aromatic nitrogens is 1. The second kappa shape index (κ2) is 5.64. The van der Waals surface area contributed by atoms with Gasteiger partial charge in [-0.1, -0.05) is 6.92 Å². The number of thiazole rings is 1. The molecule has 1 aliphatic heterocycles. The maximum atomic E-state index is 5.35. The molecule has 2 heterocycles. The second-order valence-electron chi connectivity index (χ2n) is 4.31. The van der Waals surface area contributed by atoms with Crippen LogP contribution in [0.2, 0.25) is 0 Å². The van der Waals surface area contributed by atoms with Gasteiger partial charge in [0.05, 0.1) is 5.69 Å². The van der Waals surface area contributed by atoms with Crippen LogP contribution in [-0.4, -0.2) is 24.7 Å². The van der Waals surface area contributed by atoms with Crippen molar-refractivity contribution in [2.75, 3.05) is 25.1 Å². The lowest BCUT2D eigenvalue weighted by molar-refractivity contribution is 0.0699. The van der Waals surface area contributed by atoms with Gasteiger partial charge in [-0.3, -0.25) is 0 Å². The Morgan fingerprint density at radius 1 is 1.44 bits per heavy atom. The predicted octanol–water partition coefficient (Wildman–Crippen LogP) is 2.85. The average molecular weight is 240 g/mol. The van der Waals surface area contributed by atoms with E-state index in [1.165, 1.54) is 23.4 Å². The van der Waals surface area contributed by atoms with E-state index in [0.717, 1.165) is 37.2 Å². The Bertz CT molecular complexity index is 332. The van der Waals surface area contributed by atoms with Gasteiger partial charge in [0.25, 0.3) is 0 Å². The van der Waals surface area contributed by atoms with Gasteiger partial charge in [-0.25, -0.2) is 4.98 Å². The van der Waals surface area contributed by atoms with Gasteiger partial charge in [-0.2, -0.15) is 0 Å². The number of ether oxygens (including phenoxy) is 1. The number of rotatable bonds is 4. The van der Waals surface area contributed by atoms with Crippen LogP contribution in [0.1, 0.15) is 30.3 Å². The van der Waals surface area contributed by atoms with Crippen molar-refractivity contribution in [3.63, 3.8) is 0 Å². The summed E-state index contributed by atoms with van der Waals surface area (Å²) in [5.41, 5.74) is 1.24. The fraction of sp³-hybridized carbons (Fsp3) is 0.750. The highest BCUT2D eigenvalue weighted by atomic mass is 32.1. The molecule has 0 radical (unpaired) electrons. The first kappa shape index (κ1) is 11.9. The summed E-state index contributed by atoms with van der Waals surface area (Å²) >= 11 is 1.77. The lowest BCUT2D eigenvalue weighted by atomic mass is 10.0. The Morgan fingerprint density at radius 2 is 2.19 bits per heavy atom. The highest BCUT2D eigenvalue weighted by molar-refractivity contribution is 7.15. The van der Waals surface area contributed by atoms with Crippen molar-refractivity contribution in [1.29, 1.82) is 0 Å². The van der Waals surface area contributed by atoms with E-state index < -0.39 is 0 Å². The molecule has 4 heteroatoms. The molecule has 0 unspecified atom stereocenters. The molecule has 3 nitrogen and oxygen atoms in total. The molecule has 1 N–H and O–H groups in total. The topological polar surface area (TPSA) is 34.2 Å². The molecule has 0 spiro atoms. The van der Waals surface area contributed by atoms with Gasteiger partial charge >= 0.3 is 0 Å². The highest BCUT2D eigenvalue weighted by Gasteiger charge is 2.14. The van der Waals surface area contributed by atoms with Gasteiger partial charge < -0.3 is 10.1 Å². The van der Waals surface area contributed by atoms with Gasteiger partial charge in [0.15, 0.2) is 5.13 Å². The van der Waals surface area contributed by atoms with Gasteiger partial charge in [0, 0.05) is 24.6 Å². The van der Waals surface area contributed by atoms with E-state index in [1.807, 2.05) is 0 Å². The van der Waals surface area contributed by atoms with Crippen LogP contribution in [0.3, 0.4) is 0 Å². The predicted molar refractivity (Wildman–Crippen MR) is 68.3 cm³/mol. The SMILES string of the molecule is CCc1nc(NCC2CCOCC2)sc1C. The quantitative estimate of drug-likeness (QED) is 0.878. The summed E-state index contributed by atoms with van der Waals surface area (Å²) < 4.78 is 5.35. The zero-order valence-electron chi connectivity index (χ0n) is 10.1. The van der Waals surface area contributed by atoms with Crippen molar-refractivity contribution in [3.8, 4) is 0 Å². The lowest BCUT2D eigenvalue weighted by Gasteiger charge is -2.21. The first-order valence-corrected chi connectivity index (χ1v) is 6.89. The van der Waals surface area contributed by atoms with Crippen molar-refractivity contribution in [2.24, 2.45) is 5.92 Å². The molecule has 1 aromatic rings. The fourth-order valence-corrected chi connectivity index (χ4v) is 2.92. The molecule has 1 saturated heterocycles. The van der Waals surface area contributed by atoms with Crippen molar-refractivity contribution < 1.29 is 4.74 Å². The normalized spacial score (nSPS) is 17.6. The van der Waals surface area contributed by atoms with Crippen LogP contribution in [0.15, 0.2) is 0 Å². The van der Waals surface area contributed by atoms with E-state index in [9.17, 15) is 0 Å². The van der Waals surface area contributed by atoms with Crippen molar-refractivity contribution in [2.45, 2.75) is 33.1 Å². The molecule has 1 aliphatic rings.